The summed E-state index contributed by atoms with van der Waals surface area (Å²) in [5.74, 6) is 0.837. The second-order valence-corrected chi connectivity index (χ2v) is 15.6. The summed E-state index contributed by atoms with van der Waals surface area (Å²) in [5.41, 5.74) is 5.78. The normalized spacial score (nSPS) is 18.1. The summed E-state index contributed by atoms with van der Waals surface area (Å²) in [6.07, 6.45) is 0.774. The third kappa shape index (κ3) is 9.86. The van der Waals surface area contributed by atoms with Gasteiger partial charge in [0.05, 0.1) is 17.7 Å². The first-order valence-electron chi connectivity index (χ1n) is 20.4. The van der Waals surface area contributed by atoms with Crippen LogP contribution < -0.4 is 26.2 Å². The zero-order valence-electron chi connectivity index (χ0n) is 33.2. The van der Waals surface area contributed by atoms with Crippen LogP contribution in [0.1, 0.15) is 68.7 Å². The van der Waals surface area contributed by atoms with E-state index in [2.05, 4.69) is 25.8 Å². The van der Waals surface area contributed by atoms with Gasteiger partial charge in [-0.05, 0) is 102 Å². The summed E-state index contributed by atoms with van der Waals surface area (Å²) in [6, 6.07) is 38.4. The molecule has 2 unspecified atom stereocenters. The molecule has 3 fully saturated rings. The Morgan fingerprint density at radius 3 is 2.25 bits per heavy atom. The van der Waals surface area contributed by atoms with Crippen molar-refractivity contribution >= 4 is 22.9 Å². The molecule has 4 heterocycles. The van der Waals surface area contributed by atoms with Gasteiger partial charge >= 0.3 is 6.09 Å². The molecule has 6 aromatic rings. The maximum Gasteiger partial charge on any atom is 0.408 e. The van der Waals surface area contributed by atoms with Crippen LogP contribution in [-0.2, 0) is 24.4 Å². The monoisotopic (exact) mass is 807 g/mol. The summed E-state index contributed by atoms with van der Waals surface area (Å²) in [7, 11) is 0. The van der Waals surface area contributed by atoms with Crippen LogP contribution in [-0.4, -0.2) is 64.4 Å². The van der Waals surface area contributed by atoms with Gasteiger partial charge < -0.3 is 40.6 Å². The summed E-state index contributed by atoms with van der Waals surface area (Å²) < 4.78 is 12.2. The summed E-state index contributed by atoms with van der Waals surface area (Å²) in [6.45, 7) is 4.39. The molecule has 0 radical (unpaired) electrons. The molecule has 12 heteroatoms. The van der Waals surface area contributed by atoms with Crippen LogP contribution >= 0.6 is 0 Å². The highest BCUT2D eigenvalue weighted by atomic mass is 16.6. The highest BCUT2D eigenvalue weighted by Gasteiger charge is 2.37. The number of piperidine rings is 3. The third-order valence-corrected chi connectivity index (χ3v) is 11.5. The number of pyridine rings is 1. The Morgan fingerprint density at radius 1 is 0.800 bits per heavy atom. The maximum atomic E-state index is 13.2. The molecular formula is C48H49N5O7. The number of alkyl carbamates (subject to hydrolysis) is 1. The van der Waals surface area contributed by atoms with Crippen LogP contribution in [0.15, 0.2) is 132 Å². The number of phenols is 1. The van der Waals surface area contributed by atoms with E-state index in [1.165, 1.54) is 12.1 Å². The summed E-state index contributed by atoms with van der Waals surface area (Å²) >= 11 is 0. The highest BCUT2D eigenvalue weighted by molar-refractivity contribution is 5.94. The van der Waals surface area contributed by atoms with Gasteiger partial charge in [-0.2, -0.15) is 0 Å². The van der Waals surface area contributed by atoms with Crippen LogP contribution in [0.25, 0.3) is 10.9 Å². The second-order valence-electron chi connectivity index (χ2n) is 15.6. The molecule has 0 spiro atoms. The highest BCUT2D eigenvalue weighted by Crippen LogP contribution is 2.31. The first kappa shape index (κ1) is 40.3. The predicted octanol–water partition coefficient (Wildman–Crippen LogP) is 6.48. The Hall–Kier alpha value is -6.47. The van der Waals surface area contributed by atoms with Crippen molar-refractivity contribution in [3.63, 3.8) is 0 Å². The van der Waals surface area contributed by atoms with Gasteiger partial charge in [0.15, 0.2) is 0 Å². The third-order valence-electron chi connectivity index (χ3n) is 11.5. The van der Waals surface area contributed by atoms with Crippen molar-refractivity contribution in [3.8, 4) is 11.5 Å². The number of nitrogens with one attached hydrogen (secondary N) is 4. The van der Waals surface area contributed by atoms with Gasteiger partial charge in [0.1, 0.15) is 24.2 Å². The smallest absolute Gasteiger partial charge is 0.408 e. The molecule has 60 heavy (non-hydrogen) atoms. The number of rotatable bonds is 15. The van der Waals surface area contributed by atoms with E-state index >= 15 is 0 Å². The van der Waals surface area contributed by atoms with E-state index in [0.29, 0.717) is 53.4 Å². The molecule has 2 amide bonds. The van der Waals surface area contributed by atoms with Crippen molar-refractivity contribution in [1.82, 2.24) is 25.8 Å². The van der Waals surface area contributed by atoms with Gasteiger partial charge in [-0.15, -0.1) is 0 Å². The molecule has 0 aliphatic carbocycles. The number of aromatic nitrogens is 1. The lowest BCUT2D eigenvalue weighted by molar-refractivity contribution is -0.0336. The number of H-pyrrole nitrogens is 1. The Balaban J connectivity index is 0.800. The van der Waals surface area contributed by atoms with Gasteiger partial charge in [-0.25, -0.2) is 4.79 Å². The van der Waals surface area contributed by atoms with E-state index < -0.39 is 18.2 Å². The Kier molecular flexibility index (Phi) is 12.5. The molecule has 3 saturated heterocycles. The number of phenolic OH excluding ortho intramolecular Hbond substituents is 1. The number of fused-ring (bicyclic) bond motifs is 4. The van der Waals surface area contributed by atoms with Crippen LogP contribution in [0.2, 0.25) is 0 Å². The fourth-order valence-electron chi connectivity index (χ4n) is 8.11. The van der Waals surface area contributed by atoms with E-state index in [4.69, 9.17) is 9.47 Å². The number of hydrogen-bond acceptors (Lipinski definition) is 9. The lowest BCUT2D eigenvalue weighted by atomic mass is 9.86. The molecular weight excluding hydrogens is 759 g/mol. The van der Waals surface area contributed by atoms with Crippen LogP contribution in [0.4, 0.5) is 4.79 Å². The Labute approximate surface area is 348 Å². The first-order chi connectivity index (χ1) is 29.3. The van der Waals surface area contributed by atoms with E-state index in [0.717, 1.165) is 60.3 Å². The minimum absolute atomic E-state index is 0.0514. The molecule has 2 bridgehead atoms. The van der Waals surface area contributed by atoms with Crippen molar-refractivity contribution in [2.45, 2.75) is 50.8 Å². The molecule has 5 aromatic carbocycles. The lowest BCUT2D eigenvalue weighted by Gasteiger charge is -2.43. The first-order valence-corrected chi connectivity index (χ1v) is 20.4. The number of carbonyl (C=O) groups is 2. The number of benzene rings is 5. The SMILES string of the molecule is O=C(N[C@@H](c1ccccc1)c1cccc(OCc2ccc(C(=O)NCc3ccc(CNCC(O)c4ccc(O)c5[nH]c(=O)ccc45)cc3)cc2)c1)OC1CN2CCC1CC2. The molecule has 1 aromatic heterocycles. The topological polar surface area (TPSA) is 165 Å². The van der Waals surface area contributed by atoms with Gasteiger partial charge in [-0.3, -0.25) is 14.5 Å². The molecule has 6 N–H and O–H groups in total. The fourth-order valence-corrected chi connectivity index (χ4v) is 8.11. The van der Waals surface area contributed by atoms with E-state index in [1.807, 2.05) is 91.0 Å². The van der Waals surface area contributed by atoms with Gasteiger partial charge in [-0.1, -0.05) is 84.9 Å². The number of amides is 2. The molecule has 3 aliphatic heterocycles. The van der Waals surface area contributed by atoms with Crippen molar-refractivity contribution in [2.75, 3.05) is 26.2 Å². The number of aliphatic hydroxyl groups is 1. The number of aromatic hydroxyl groups is 1. The average Bonchev–Trinajstić information content (AvgIpc) is 3.28. The zero-order chi connectivity index (χ0) is 41.4. The zero-order valence-corrected chi connectivity index (χ0v) is 33.2. The van der Waals surface area contributed by atoms with Crippen molar-refractivity contribution in [1.29, 1.82) is 0 Å². The van der Waals surface area contributed by atoms with Crippen molar-refractivity contribution in [2.24, 2.45) is 5.92 Å². The van der Waals surface area contributed by atoms with E-state index in [9.17, 15) is 24.6 Å². The molecule has 3 atom stereocenters. The standard InChI is InChI=1S/C48H49N5O7/c54-41-19-17-39(40-18-20-44(56)51-46(40)41)42(55)28-49-26-31-9-11-32(12-10-31)27-50-47(57)36-15-13-33(14-16-36)30-59-38-8-4-7-37(25-38)45(35-5-2-1-3-6-35)52-48(58)60-43-29-53-23-21-34(43)22-24-53/h1-20,25,34,42-43,45,49,54-55H,21-24,26-30H2,(H,50,57)(H,51,56)(H,52,58)/t42?,43?,45-/m0/s1. The molecule has 3 aliphatic rings. The number of hydrogen-bond donors (Lipinski definition) is 6. The molecule has 308 valence electrons. The van der Waals surface area contributed by atoms with Crippen LogP contribution in [0.5, 0.6) is 11.5 Å². The van der Waals surface area contributed by atoms with Gasteiger partial charge in [0, 0.05) is 43.2 Å². The molecule has 0 saturated carbocycles. The number of ether oxygens (including phenoxy) is 2. The number of carbonyl (C=O) groups excluding carboxylic acids is 2. The van der Waals surface area contributed by atoms with E-state index in [-0.39, 0.29) is 29.9 Å². The second kappa shape index (κ2) is 18.6. The van der Waals surface area contributed by atoms with Crippen molar-refractivity contribution < 1.29 is 29.3 Å². The largest absolute Gasteiger partial charge is 0.506 e. The summed E-state index contributed by atoms with van der Waals surface area (Å²) in [4.78, 5) is 42.9. The number of nitrogens with zero attached hydrogens (tertiary/aromatic N) is 1. The number of aromatic amines is 1. The molecule has 12 nitrogen and oxygen atoms in total. The fraction of sp³-hybridized carbons (Fsp3) is 0.271. The van der Waals surface area contributed by atoms with Crippen LogP contribution in [0, 0.1) is 5.92 Å². The Bertz CT molecular complexity index is 2470. The lowest BCUT2D eigenvalue weighted by Crippen LogP contribution is -2.52. The predicted molar refractivity (Wildman–Crippen MR) is 229 cm³/mol. The number of aliphatic hydroxyl groups excluding tert-OH is 1. The minimum Gasteiger partial charge on any atom is -0.506 e. The van der Waals surface area contributed by atoms with Crippen LogP contribution in [0.3, 0.4) is 0 Å². The average molecular weight is 808 g/mol. The quantitative estimate of drug-likeness (QED) is 0.0682. The maximum absolute atomic E-state index is 13.2. The minimum atomic E-state index is -0.854. The summed E-state index contributed by atoms with van der Waals surface area (Å²) in [5, 5.41) is 30.9. The van der Waals surface area contributed by atoms with Gasteiger partial charge in [0.25, 0.3) is 5.91 Å². The van der Waals surface area contributed by atoms with Gasteiger partial charge in [0.2, 0.25) is 5.56 Å². The van der Waals surface area contributed by atoms with Crippen molar-refractivity contribution in [3.05, 3.63) is 177 Å². The van der Waals surface area contributed by atoms with E-state index in [1.54, 1.807) is 24.3 Å². The Morgan fingerprint density at radius 2 is 1.52 bits per heavy atom. The molecule has 9 rings (SSSR count).